The number of aromatic amines is 1. The van der Waals surface area contributed by atoms with Gasteiger partial charge in [0, 0.05) is 45.7 Å². The number of H-pyrrole nitrogens is 1. The first kappa shape index (κ1) is 19.1. The van der Waals surface area contributed by atoms with Crippen LogP contribution in [0, 0.1) is 11.3 Å². The lowest BCUT2D eigenvalue weighted by molar-refractivity contribution is 0.128. The van der Waals surface area contributed by atoms with Crippen molar-refractivity contribution < 1.29 is 5.11 Å². The van der Waals surface area contributed by atoms with Crippen LogP contribution in [0.2, 0.25) is 0 Å². The highest BCUT2D eigenvalue weighted by molar-refractivity contribution is 5.83. The van der Waals surface area contributed by atoms with Crippen molar-refractivity contribution in [3.63, 3.8) is 0 Å². The highest BCUT2D eigenvalue weighted by Gasteiger charge is 2.17. The first-order valence-corrected chi connectivity index (χ1v) is 9.77. The van der Waals surface area contributed by atoms with Gasteiger partial charge in [-0.25, -0.2) is 4.98 Å². The zero-order chi connectivity index (χ0) is 20.2. The molecule has 1 aliphatic rings. The number of nitriles is 1. The largest absolute Gasteiger partial charge is 0.506 e. The van der Waals surface area contributed by atoms with Crippen LogP contribution in [-0.4, -0.2) is 57.6 Å². The zero-order valence-electron chi connectivity index (χ0n) is 16.1. The summed E-state index contributed by atoms with van der Waals surface area (Å²) in [6.07, 6.45) is 0.634. The lowest BCUT2D eigenvalue weighted by Gasteiger charge is -2.34. The molecule has 0 aliphatic carbocycles. The van der Waals surface area contributed by atoms with Gasteiger partial charge in [-0.05, 0) is 29.8 Å². The summed E-state index contributed by atoms with van der Waals surface area (Å²) in [5.74, 6) is 0.635. The van der Waals surface area contributed by atoms with E-state index in [1.807, 2.05) is 24.3 Å². The molecular weight excluding hydrogens is 366 g/mol. The number of benzene rings is 2. The Balaban J connectivity index is 1.31. The molecule has 0 radical (unpaired) electrons. The number of nitrogens with zero attached hydrogens (tertiary/aromatic N) is 4. The Morgan fingerprint density at radius 2 is 1.79 bits per heavy atom. The number of phenolic OH excluding ortho intramolecular Hbond substituents is 1. The fourth-order valence-corrected chi connectivity index (χ4v) is 3.69. The van der Waals surface area contributed by atoms with Gasteiger partial charge in [0.15, 0.2) is 0 Å². The van der Waals surface area contributed by atoms with Gasteiger partial charge in [-0.15, -0.1) is 0 Å². The van der Waals surface area contributed by atoms with Crippen LogP contribution in [0.4, 0.5) is 0 Å². The third kappa shape index (κ3) is 4.45. The van der Waals surface area contributed by atoms with Gasteiger partial charge in [-0.2, -0.15) is 5.26 Å². The number of fused-ring (bicyclic) bond motifs is 1. The van der Waals surface area contributed by atoms with Crippen molar-refractivity contribution >= 4 is 10.9 Å². The van der Waals surface area contributed by atoms with Gasteiger partial charge in [-0.1, -0.05) is 18.2 Å². The molecule has 2 heterocycles. The maximum atomic E-state index is 12.2. The molecule has 1 aromatic heterocycles. The highest BCUT2D eigenvalue weighted by Crippen LogP contribution is 2.19. The predicted molar refractivity (Wildman–Crippen MR) is 111 cm³/mol. The molecule has 3 aromatic rings. The van der Waals surface area contributed by atoms with E-state index in [4.69, 9.17) is 5.26 Å². The second-order valence-corrected chi connectivity index (χ2v) is 7.36. The molecule has 2 N–H and O–H groups in total. The van der Waals surface area contributed by atoms with E-state index in [1.165, 1.54) is 5.56 Å². The average molecular weight is 389 g/mol. The number of aromatic nitrogens is 2. The van der Waals surface area contributed by atoms with Crippen LogP contribution in [0.1, 0.15) is 17.0 Å². The van der Waals surface area contributed by atoms with Crippen molar-refractivity contribution in [2.45, 2.75) is 13.0 Å². The monoisotopic (exact) mass is 389 g/mol. The van der Waals surface area contributed by atoms with Gasteiger partial charge in [0.1, 0.15) is 17.1 Å². The summed E-state index contributed by atoms with van der Waals surface area (Å²) in [6.45, 7) is 5.56. The third-order valence-electron chi connectivity index (χ3n) is 5.38. The summed E-state index contributed by atoms with van der Waals surface area (Å²) in [5.41, 5.74) is 2.05. The molecule has 0 spiro atoms. The van der Waals surface area contributed by atoms with E-state index in [9.17, 15) is 9.90 Å². The van der Waals surface area contributed by atoms with Crippen LogP contribution in [0.15, 0.2) is 47.3 Å². The Hall–Kier alpha value is -3.21. The lowest BCUT2D eigenvalue weighted by Crippen LogP contribution is -2.46. The number of piperazine rings is 1. The minimum Gasteiger partial charge on any atom is -0.506 e. The van der Waals surface area contributed by atoms with Crippen LogP contribution in [0.25, 0.3) is 10.9 Å². The molecule has 1 saturated heterocycles. The number of hydrogen-bond acceptors (Lipinski definition) is 6. The number of phenols is 1. The lowest BCUT2D eigenvalue weighted by atomic mass is 10.1. The van der Waals surface area contributed by atoms with Crippen molar-refractivity contribution in [1.82, 2.24) is 19.8 Å². The van der Waals surface area contributed by atoms with E-state index < -0.39 is 0 Å². The first-order valence-electron chi connectivity index (χ1n) is 9.77. The van der Waals surface area contributed by atoms with Crippen molar-refractivity contribution in [1.29, 1.82) is 5.26 Å². The topological polar surface area (TPSA) is 96.2 Å². The maximum Gasteiger partial charge on any atom is 0.258 e. The van der Waals surface area contributed by atoms with Gasteiger partial charge in [0.25, 0.3) is 5.56 Å². The molecule has 0 bridgehead atoms. The molecule has 2 aromatic carbocycles. The standard InChI is InChI=1S/C22H23N5O2/c23-14-16-4-6-17(7-5-16)15-27-12-10-26(11-13-27)9-8-20-24-21-18(22(29)25-20)2-1-3-19(21)28/h1-7,28H,8-13,15H2,(H,24,25,29). The van der Waals surface area contributed by atoms with E-state index in [0.717, 1.165) is 39.3 Å². The molecule has 0 amide bonds. The smallest absolute Gasteiger partial charge is 0.258 e. The van der Waals surface area contributed by atoms with E-state index in [-0.39, 0.29) is 11.3 Å². The van der Waals surface area contributed by atoms with Gasteiger partial charge >= 0.3 is 0 Å². The molecule has 0 unspecified atom stereocenters. The predicted octanol–water partition coefficient (Wildman–Crippen LogP) is 1.86. The second-order valence-electron chi connectivity index (χ2n) is 7.36. The van der Waals surface area contributed by atoms with E-state index >= 15 is 0 Å². The molecule has 1 fully saturated rings. The van der Waals surface area contributed by atoms with Gasteiger partial charge in [-0.3, -0.25) is 9.69 Å². The molecule has 7 nitrogen and oxygen atoms in total. The summed E-state index contributed by atoms with van der Waals surface area (Å²) >= 11 is 0. The average Bonchev–Trinajstić information content (AvgIpc) is 2.75. The first-order chi connectivity index (χ1) is 14.1. The van der Waals surface area contributed by atoms with E-state index in [2.05, 4.69) is 25.8 Å². The quantitative estimate of drug-likeness (QED) is 0.692. The molecular formula is C22H23N5O2. The third-order valence-corrected chi connectivity index (χ3v) is 5.38. The van der Waals surface area contributed by atoms with Gasteiger partial charge < -0.3 is 15.0 Å². The SMILES string of the molecule is N#Cc1ccc(CN2CCN(CCc3nc4c(O)cccc4c(=O)[nH]3)CC2)cc1. The van der Waals surface area contributed by atoms with Gasteiger partial charge in [0.2, 0.25) is 0 Å². The van der Waals surface area contributed by atoms with E-state index in [0.29, 0.717) is 28.7 Å². The van der Waals surface area contributed by atoms with Gasteiger partial charge in [0.05, 0.1) is 17.0 Å². The van der Waals surface area contributed by atoms with Crippen LogP contribution in [0.3, 0.4) is 0 Å². The molecule has 148 valence electrons. The Labute approximate surface area is 168 Å². The summed E-state index contributed by atoms with van der Waals surface area (Å²) in [4.78, 5) is 24.3. The van der Waals surface area contributed by atoms with Crippen LogP contribution < -0.4 is 5.56 Å². The number of rotatable bonds is 5. The zero-order valence-corrected chi connectivity index (χ0v) is 16.1. The van der Waals surface area contributed by atoms with Crippen LogP contribution >= 0.6 is 0 Å². The summed E-state index contributed by atoms with van der Waals surface area (Å²) in [6, 6.07) is 14.8. The molecule has 0 atom stereocenters. The van der Waals surface area contributed by atoms with E-state index in [1.54, 1.807) is 18.2 Å². The minimum absolute atomic E-state index is 0.0336. The second kappa shape index (κ2) is 8.43. The Kier molecular flexibility index (Phi) is 5.56. The number of hydrogen-bond donors (Lipinski definition) is 2. The number of nitrogens with one attached hydrogen (secondary N) is 1. The summed E-state index contributed by atoms with van der Waals surface area (Å²) in [7, 11) is 0. The number of aromatic hydroxyl groups is 1. The highest BCUT2D eigenvalue weighted by atomic mass is 16.3. The molecule has 29 heavy (non-hydrogen) atoms. The molecule has 1 aliphatic heterocycles. The summed E-state index contributed by atoms with van der Waals surface area (Å²) in [5, 5.41) is 19.3. The van der Waals surface area contributed by atoms with Crippen molar-refractivity contribution in [2.75, 3.05) is 32.7 Å². The minimum atomic E-state index is -0.215. The number of para-hydroxylation sites is 1. The van der Waals surface area contributed by atoms with Crippen molar-refractivity contribution in [2.24, 2.45) is 0 Å². The Morgan fingerprint density at radius 3 is 2.52 bits per heavy atom. The van der Waals surface area contributed by atoms with Crippen molar-refractivity contribution in [3.05, 3.63) is 69.8 Å². The molecule has 0 saturated carbocycles. The Bertz CT molecular complexity index is 1090. The van der Waals surface area contributed by atoms with Crippen molar-refractivity contribution in [3.8, 4) is 11.8 Å². The Morgan fingerprint density at radius 1 is 1.07 bits per heavy atom. The normalized spacial score (nSPS) is 15.4. The van der Waals surface area contributed by atoms with Crippen LogP contribution in [-0.2, 0) is 13.0 Å². The molecule has 4 rings (SSSR count). The fraction of sp³-hybridized carbons (Fsp3) is 0.318. The summed E-state index contributed by atoms with van der Waals surface area (Å²) < 4.78 is 0. The maximum absolute atomic E-state index is 12.2. The molecule has 7 heteroatoms. The van der Waals surface area contributed by atoms with Crippen LogP contribution in [0.5, 0.6) is 5.75 Å². The fourth-order valence-electron chi connectivity index (χ4n) is 3.69.